The molecule has 0 aliphatic carbocycles. The summed E-state index contributed by atoms with van der Waals surface area (Å²) in [5, 5.41) is 0. The molecule has 2 aromatic rings. The maximum Gasteiger partial charge on any atom is 0.254 e. The van der Waals surface area contributed by atoms with E-state index in [-0.39, 0.29) is 11.8 Å². The minimum Gasteiger partial charge on any atom is -0.342 e. The molecule has 1 aliphatic rings. The van der Waals surface area contributed by atoms with E-state index in [1.807, 2.05) is 48.8 Å². The van der Waals surface area contributed by atoms with Crippen LogP contribution < -0.4 is 0 Å². The van der Waals surface area contributed by atoms with Crippen molar-refractivity contribution in [1.29, 1.82) is 0 Å². The molecule has 0 radical (unpaired) electrons. The molecule has 1 aromatic heterocycles. The van der Waals surface area contributed by atoms with Crippen molar-refractivity contribution < 1.29 is 9.59 Å². The Balaban J connectivity index is 1.64. The highest BCUT2D eigenvalue weighted by Gasteiger charge is 2.25. The molecule has 1 aliphatic heterocycles. The average Bonchev–Trinajstić information content (AvgIpc) is 2.92. The minimum atomic E-state index is 0.0140. The highest BCUT2D eigenvalue weighted by molar-refractivity contribution is 5.97. The molecule has 1 N–H and O–H groups in total. The van der Waals surface area contributed by atoms with E-state index in [2.05, 4.69) is 9.97 Å². The zero-order valence-corrected chi connectivity index (χ0v) is 14.5. The molecule has 0 saturated carbocycles. The topological polar surface area (TPSA) is 69.3 Å². The van der Waals surface area contributed by atoms with Crippen LogP contribution in [0, 0.1) is 12.8 Å². The van der Waals surface area contributed by atoms with Crippen LogP contribution in [0.25, 0.3) is 11.0 Å². The van der Waals surface area contributed by atoms with Gasteiger partial charge in [0.05, 0.1) is 11.0 Å². The molecule has 2 heterocycles. The SMILES string of the molecule is Cc1nc2ccc(C(=O)N3CCN(C(=O)CC(C)C)CC3)cc2[nH]1. The van der Waals surface area contributed by atoms with E-state index >= 15 is 0 Å². The largest absolute Gasteiger partial charge is 0.342 e. The van der Waals surface area contributed by atoms with Crippen LogP contribution in [0.15, 0.2) is 18.2 Å². The number of amides is 2. The number of rotatable bonds is 3. The molecule has 0 unspecified atom stereocenters. The first-order valence-electron chi connectivity index (χ1n) is 8.47. The second-order valence-electron chi connectivity index (χ2n) is 6.83. The molecule has 3 rings (SSSR count). The molecule has 1 aromatic carbocycles. The van der Waals surface area contributed by atoms with Crippen molar-refractivity contribution in [2.24, 2.45) is 5.92 Å². The van der Waals surface area contributed by atoms with E-state index in [4.69, 9.17) is 0 Å². The van der Waals surface area contributed by atoms with E-state index < -0.39 is 0 Å². The first-order valence-corrected chi connectivity index (χ1v) is 8.47. The lowest BCUT2D eigenvalue weighted by molar-refractivity contribution is -0.133. The van der Waals surface area contributed by atoms with E-state index in [0.29, 0.717) is 44.1 Å². The van der Waals surface area contributed by atoms with Gasteiger partial charge in [0, 0.05) is 38.2 Å². The van der Waals surface area contributed by atoms with Crippen LogP contribution in [0.2, 0.25) is 0 Å². The summed E-state index contributed by atoms with van der Waals surface area (Å²) in [7, 11) is 0. The van der Waals surface area contributed by atoms with Crippen molar-refractivity contribution in [3.05, 3.63) is 29.6 Å². The van der Waals surface area contributed by atoms with Gasteiger partial charge in [0.15, 0.2) is 0 Å². The molecule has 24 heavy (non-hydrogen) atoms. The van der Waals surface area contributed by atoms with Crippen molar-refractivity contribution in [2.45, 2.75) is 27.2 Å². The number of hydrogen-bond acceptors (Lipinski definition) is 3. The molecule has 0 atom stereocenters. The number of H-pyrrole nitrogens is 1. The summed E-state index contributed by atoms with van der Waals surface area (Å²) in [6.07, 6.45) is 0.573. The van der Waals surface area contributed by atoms with Gasteiger partial charge in [-0.15, -0.1) is 0 Å². The van der Waals surface area contributed by atoms with Gasteiger partial charge in [-0.3, -0.25) is 9.59 Å². The van der Waals surface area contributed by atoms with Gasteiger partial charge < -0.3 is 14.8 Å². The molecular formula is C18H24N4O2. The summed E-state index contributed by atoms with van der Waals surface area (Å²) in [6.45, 7) is 8.39. The van der Waals surface area contributed by atoms with Crippen molar-refractivity contribution >= 4 is 22.8 Å². The quantitative estimate of drug-likeness (QED) is 0.939. The van der Waals surface area contributed by atoms with Crippen LogP contribution >= 0.6 is 0 Å². The number of hydrogen-bond donors (Lipinski definition) is 1. The number of carbonyl (C=O) groups excluding carboxylic acids is 2. The number of nitrogens with one attached hydrogen (secondary N) is 1. The predicted octanol–water partition coefficient (Wildman–Crippen LogP) is 2.20. The fourth-order valence-corrected chi connectivity index (χ4v) is 3.09. The van der Waals surface area contributed by atoms with Gasteiger partial charge in [-0.1, -0.05) is 13.8 Å². The summed E-state index contributed by atoms with van der Waals surface area (Å²) < 4.78 is 0. The summed E-state index contributed by atoms with van der Waals surface area (Å²) in [5.74, 6) is 1.40. The van der Waals surface area contributed by atoms with Gasteiger partial charge in [0.2, 0.25) is 5.91 Å². The van der Waals surface area contributed by atoms with Crippen LogP contribution in [-0.4, -0.2) is 57.8 Å². The maximum atomic E-state index is 12.7. The number of imidazole rings is 1. The molecule has 0 spiro atoms. The van der Waals surface area contributed by atoms with Crippen molar-refractivity contribution in [1.82, 2.24) is 19.8 Å². The number of aryl methyl sites for hydroxylation is 1. The lowest BCUT2D eigenvalue weighted by atomic mass is 10.1. The Bertz CT molecular complexity index is 757. The molecule has 1 saturated heterocycles. The molecule has 128 valence electrons. The Morgan fingerprint density at radius 3 is 2.50 bits per heavy atom. The number of fused-ring (bicyclic) bond motifs is 1. The molecule has 6 nitrogen and oxygen atoms in total. The normalized spacial score (nSPS) is 15.3. The Morgan fingerprint density at radius 2 is 1.83 bits per heavy atom. The number of benzene rings is 1. The number of aromatic amines is 1. The third-order valence-corrected chi connectivity index (χ3v) is 4.35. The number of piperazine rings is 1. The summed E-state index contributed by atoms with van der Waals surface area (Å²) in [4.78, 5) is 36.0. The van der Waals surface area contributed by atoms with Gasteiger partial charge in [0.25, 0.3) is 5.91 Å². The smallest absolute Gasteiger partial charge is 0.254 e. The highest BCUT2D eigenvalue weighted by Crippen LogP contribution is 2.16. The van der Waals surface area contributed by atoms with Crippen LogP contribution in [0.4, 0.5) is 0 Å². The third kappa shape index (κ3) is 3.42. The van der Waals surface area contributed by atoms with Crippen LogP contribution in [0.3, 0.4) is 0 Å². The van der Waals surface area contributed by atoms with Crippen molar-refractivity contribution in [3.63, 3.8) is 0 Å². The molecule has 2 amide bonds. The van der Waals surface area contributed by atoms with Gasteiger partial charge in [-0.2, -0.15) is 0 Å². The first-order chi connectivity index (χ1) is 11.4. The lowest BCUT2D eigenvalue weighted by Crippen LogP contribution is -2.50. The zero-order valence-electron chi connectivity index (χ0n) is 14.5. The monoisotopic (exact) mass is 328 g/mol. The fraction of sp³-hybridized carbons (Fsp3) is 0.500. The van der Waals surface area contributed by atoms with Gasteiger partial charge in [-0.25, -0.2) is 4.98 Å². The Labute approximate surface area is 141 Å². The molecule has 1 fully saturated rings. The van der Waals surface area contributed by atoms with E-state index in [9.17, 15) is 9.59 Å². The average molecular weight is 328 g/mol. The summed E-state index contributed by atoms with van der Waals surface area (Å²) in [5.41, 5.74) is 2.41. The Morgan fingerprint density at radius 1 is 1.17 bits per heavy atom. The number of aromatic nitrogens is 2. The number of nitrogens with zero attached hydrogens (tertiary/aromatic N) is 3. The van der Waals surface area contributed by atoms with Gasteiger partial charge in [-0.05, 0) is 31.0 Å². The molecular weight excluding hydrogens is 304 g/mol. The van der Waals surface area contributed by atoms with E-state index in [0.717, 1.165) is 16.9 Å². The second-order valence-corrected chi connectivity index (χ2v) is 6.83. The molecule has 6 heteroatoms. The lowest BCUT2D eigenvalue weighted by Gasteiger charge is -2.35. The zero-order chi connectivity index (χ0) is 17.3. The first kappa shape index (κ1) is 16.5. The fourth-order valence-electron chi connectivity index (χ4n) is 3.09. The van der Waals surface area contributed by atoms with Crippen molar-refractivity contribution in [3.8, 4) is 0 Å². The molecule has 0 bridgehead atoms. The van der Waals surface area contributed by atoms with Crippen LogP contribution in [0.5, 0.6) is 0 Å². The van der Waals surface area contributed by atoms with Crippen LogP contribution in [0.1, 0.15) is 36.5 Å². The van der Waals surface area contributed by atoms with E-state index in [1.54, 1.807) is 0 Å². The summed E-state index contributed by atoms with van der Waals surface area (Å²) >= 11 is 0. The Kier molecular flexibility index (Phi) is 4.55. The predicted molar refractivity (Wildman–Crippen MR) is 92.8 cm³/mol. The summed E-state index contributed by atoms with van der Waals surface area (Å²) in [6, 6.07) is 5.55. The standard InChI is InChI=1S/C18H24N4O2/c1-12(2)10-17(23)21-6-8-22(9-7-21)18(24)14-4-5-15-16(11-14)20-13(3)19-15/h4-5,11-12H,6-10H2,1-3H3,(H,19,20). The van der Waals surface area contributed by atoms with Crippen molar-refractivity contribution in [2.75, 3.05) is 26.2 Å². The Hall–Kier alpha value is -2.37. The minimum absolute atomic E-state index is 0.0140. The number of carbonyl (C=O) groups is 2. The maximum absolute atomic E-state index is 12.7. The van der Waals surface area contributed by atoms with Crippen LogP contribution in [-0.2, 0) is 4.79 Å². The van der Waals surface area contributed by atoms with E-state index in [1.165, 1.54) is 0 Å². The van der Waals surface area contributed by atoms with Gasteiger partial charge in [0.1, 0.15) is 5.82 Å². The highest BCUT2D eigenvalue weighted by atomic mass is 16.2. The third-order valence-electron chi connectivity index (χ3n) is 4.35. The second kappa shape index (κ2) is 6.63. The van der Waals surface area contributed by atoms with Gasteiger partial charge >= 0.3 is 0 Å².